The summed E-state index contributed by atoms with van der Waals surface area (Å²) in [5.74, 6) is 1.45. The Hall–Kier alpha value is -3.71. The van der Waals surface area contributed by atoms with Gasteiger partial charge in [-0.1, -0.05) is 0 Å². The maximum absolute atomic E-state index is 9.50. The monoisotopic (exact) mass is 425 g/mol. The molecule has 32 heavy (non-hydrogen) atoms. The van der Waals surface area contributed by atoms with E-state index in [1.54, 1.807) is 24.3 Å². The zero-order chi connectivity index (χ0) is 21.7. The number of phenolic OH excluding ortho intramolecular Hbond substituents is 1. The van der Waals surface area contributed by atoms with Gasteiger partial charge in [0.15, 0.2) is 11.4 Å². The number of aliphatic imine (C=N–C) groups is 2. The fraction of sp³-hybridized carbons (Fsp3) is 0.240. The van der Waals surface area contributed by atoms with Crippen LogP contribution in [0.5, 0.6) is 5.75 Å². The van der Waals surface area contributed by atoms with Gasteiger partial charge in [-0.05, 0) is 61.7 Å². The molecule has 7 nitrogen and oxygen atoms in total. The summed E-state index contributed by atoms with van der Waals surface area (Å²) < 4.78 is 5.99. The van der Waals surface area contributed by atoms with Crippen LogP contribution < -0.4 is 0 Å². The number of nitrogens with zero attached hydrogens (tertiary/aromatic N) is 5. The number of oxazole rings is 1. The first-order valence-corrected chi connectivity index (χ1v) is 10.8. The number of hydrogen-bond acceptors (Lipinski definition) is 7. The lowest BCUT2D eigenvalue weighted by molar-refractivity contribution is 0.185. The zero-order valence-electron chi connectivity index (χ0n) is 17.8. The predicted molar refractivity (Wildman–Crippen MR) is 125 cm³/mol. The number of rotatable bonds is 3. The van der Waals surface area contributed by atoms with Crippen molar-refractivity contribution >= 4 is 22.6 Å². The Morgan fingerprint density at radius 2 is 1.69 bits per heavy atom. The molecule has 0 unspecified atom stereocenters. The minimum Gasteiger partial charge on any atom is -0.508 e. The maximum Gasteiger partial charge on any atom is 0.227 e. The smallest absolute Gasteiger partial charge is 0.227 e. The molecule has 3 aromatic rings. The van der Waals surface area contributed by atoms with Crippen LogP contribution in [0.4, 0.5) is 0 Å². The van der Waals surface area contributed by atoms with Gasteiger partial charge in [0.2, 0.25) is 5.89 Å². The van der Waals surface area contributed by atoms with Gasteiger partial charge in [0, 0.05) is 49.4 Å². The molecule has 0 spiro atoms. The van der Waals surface area contributed by atoms with Crippen LogP contribution in [0, 0.1) is 0 Å². The molecule has 0 amide bonds. The van der Waals surface area contributed by atoms with E-state index in [1.165, 1.54) is 5.70 Å². The van der Waals surface area contributed by atoms with Crippen LogP contribution in [-0.4, -0.2) is 64.7 Å². The lowest BCUT2D eigenvalue weighted by Gasteiger charge is -2.36. The topological polar surface area (TPSA) is 77.5 Å². The van der Waals surface area contributed by atoms with Crippen molar-refractivity contribution in [3.05, 3.63) is 71.6 Å². The molecule has 2 aromatic carbocycles. The van der Waals surface area contributed by atoms with E-state index in [0.29, 0.717) is 17.3 Å². The van der Waals surface area contributed by atoms with Crippen molar-refractivity contribution in [3.8, 4) is 17.2 Å². The summed E-state index contributed by atoms with van der Waals surface area (Å²) in [6.45, 7) is 4.28. The van der Waals surface area contributed by atoms with Crippen LogP contribution in [0.3, 0.4) is 0 Å². The number of hydrogen-bond donors (Lipinski definition) is 1. The van der Waals surface area contributed by atoms with Gasteiger partial charge in [0.05, 0.1) is 11.4 Å². The predicted octanol–water partition coefficient (Wildman–Crippen LogP) is 3.82. The Labute approximate surface area is 185 Å². The Balaban J connectivity index is 1.24. The van der Waals surface area contributed by atoms with Gasteiger partial charge in [-0.3, -0.25) is 0 Å². The minimum atomic E-state index is 0.214. The second-order valence-electron chi connectivity index (χ2n) is 8.42. The molecule has 1 saturated heterocycles. The number of amidine groups is 1. The highest BCUT2D eigenvalue weighted by atomic mass is 16.3. The van der Waals surface area contributed by atoms with Gasteiger partial charge in [-0.2, -0.15) is 0 Å². The highest BCUT2D eigenvalue weighted by molar-refractivity contribution is 6.19. The molecule has 1 fully saturated rings. The minimum absolute atomic E-state index is 0.214. The first kappa shape index (κ1) is 19.0. The second-order valence-corrected chi connectivity index (χ2v) is 8.42. The zero-order valence-corrected chi connectivity index (χ0v) is 17.8. The number of benzene rings is 2. The van der Waals surface area contributed by atoms with Gasteiger partial charge >= 0.3 is 0 Å². The number of fused-ring (bicyclic) bond motifs is 2. The Morgan fingerprint density at radius 1 is 0.906 bits per heavy atom. The van der Waals surface area contributed by atoms with Crippen molar-refractivity contribution in [2.24, 2.45) is 9.98 Å². The highest BCUT2D eigenvalue weighted by Crippen LogP contribution is 2.29. The molecule has 3 heterocycles. The number of likely N-dealkylation sites (N-methyl/N-ethyl adjacent to an activating group) is 1. The maximum atomic E-state index is 9.50. The van der Waals surface area contributed by atoms with Crippen LogP contribution >= 0.6 is 0 Å². The number of allylic oxidation sites excluding steroid dienone is 4. The number of aromatic hydroxyl groups is 1. The average molecular weight is 425 g/mol. The molecule has 1 aromatic heterocycles. The summed E-state index contributed by atoms with van der Waals surface area (Å²) in [7, 11) is 2.17. The van der Waals surface area contributed by atoms with E-state index in [0.717, 1.165) is 60.7 Å². The number of phenols is 1. The van der Waals surface area contributed by atoms with Crippen molar-refractivity contribution in [3.63, 3.8) is 0 Å². The lowest BCUT2D eigenvalue weighted by Crippen LogP contribution is -2.44. The van der Waals surface area contributed by atoms with E-state index in [-0.39, 0.29) is 5.75 Å². The second kappa shape index (κ2) is 7.46. The van der Waals surface area contributed by atoms with Crippen molar-refractivity contribution in [2.75, 3.05) is 33.2 Å². The van der Waals surface area contributed by atoms with Gasteiger partial charge in [-0.25, -0.2) is 15.0 Å². The molecule has 0 bridgehead atoms. The molecule has 3 aliphatic rings. The number of aromatic nitrogens is 1. The molecule has 160 valence electrons. The van der Waals surface area contributed by atoms with Gasteiger partial charge in [-0.15, -0.1) is 0 Å². The van der Waals surface area contributed by atoms with Gasteiger partial charge in [0.1, 0.15) is 11.3 Å². The van der Waals surface area contributed by atoms with E-state index >= 15 is 0 Å². The fourth-order valence-electron chi connectivity index (χ4n) is 4.29. The third kappa shape index (κ3) is 3.40. The van der Waals surface area contributed by atoms with Crippen molar-refractivity contribution < 1.29 is 9.52 Å². The quantitative estimate of drug-likeness (QED) is 0.690. The van der Waals surface area contributed by atoms with E-state index in [1.807, 2.05) is 18.2 Å². The first-order chi connectivity index (χ1) is 15.6. The molecule has 1 N–H and O–H groups in total. The molecule has 1 aliphatic carbocycles. The highest BCUT2D eigenvalue weighted by Gasteiger charge is 2.25. The summed E-state index contributed by atoms with van der Waals surface area (Å²) in [6, 6.07) is 12.7. The van der Waals surface area contributed by atoms with Crippen molar-refractivity contribution in [1.29, 1.82) is 0 Å². The fourth-order valence-corrected chi connectivity index (χ4v) is 4.29. The largest absolute Gasteiger partial charge is 0.508 e. The first-order valence-electron chi connectivity index (χ1n) is 10.8. The standard InChI is InChI=1S/C25H23N5O2/c1-29-10-12-30(13-11-29)18-5-9-20-22(15-18)27-24(26-20)17-4-8-21-23(14-17)32-25(28-21)16-2-6-19(31)7-3-16/h2-9,14,31H,10-13,15H2,1H3. The summed E-state index contributed by atoms with van der Waals surface area (Å²) in [4.78, 5) is 19.0. The Bertz CT molecular complexity index is 1320. The van der Waals surface area contributed by atoms with E-state index in [4.69, 9.17) is 14.4 Å². The lowest BCUT2D eigenvalue weighted by atomic mass is 10.0. The van der Waals surface area contributed by atoms with Crippen LogP contribution in [-0.2, 0) is 0 Å². The van der Waals surface area contributed by atoms with E-state index in [9.17, 15) is 5.11 Å². The molecular weight excluding hydrogens is 402 g/mol. The molecule has 7 heteroatoms. The van der Waals surface area contributed by atoms with Crippen molar-refractivity contribution in [1.82, 2.24) is 14.8 Å². The summed E-state index contributed by atoms with van der Waals surface area (Å²) in [5.41, 5.74) is 6.49. The van der Waals surface area contributed by atoms with Crippen LogP contribution in [0.25, 0.3) is 22.6 Å². The van der Waals surface area contributed by atoms with E-state index < -0.39 is 0 Å². The Morgan fingerprint density at radius 3 is 2.50 bits per heavy atom. The molecular formula is C25H23N5O2. The van der Waals surface area contributed by atoms with Crippen LogP contribution in [0.1, 0.15) is 12.0 Å². The molecule has 2 aliphatic heterocycles. The van der Waals surface area contributed by atoms with Crippen LogP contribution in [0.15, 0.2) is 80.4 Å². The normalized spacial score (nSPS) is 18.8. The molecule has 0 saturated carbocycles. The third-order valence-electron chi connectivity index (χ3n) is 6.22. The van der Waals surface area contributed by atoms with Gasteiger partial charge < -0.3 is 19.3 Å². The van der Waals surface area contributed by atoms with E-state index in [2.05, 4.69) is 34.0 Å². The molecule has 6 rings (SSSR count). The molecule has 0 radical (unpaired) electrons. The Kier molecular flexibility index (Phi) is 4.43. The summed E-state index contributed by atoms with van der Waals surface area (Å²) in [5, 5.41) is 9.50. The SMILES string of the molecule is CN1CCN(C2=CC=C3N=C(c4ccc5nc(-c6ccc(O)cc6)oc5c4)N=C3C2)CC1. The third-order valence-corrected chi connectivity index (χ3v) is 6.22. The summed E-state index contributed by atoms with van der Waals surface area (Å²) >= 11 is 0. The average Bonchev–Trinajstić information content (AvgIpc) is 3.43. The number of piperazine rings is 1. The van der Waals surface area contributed by atoms with Crippen molar-refractivity contribution in [2.45, 2.75) is 6.42 Å². The summed E-state index contributed by atoms with van der Waals surface area (Å²) in [6.07, 6.45) is 5.09. The van der Waals surface area contributed by atoms with Crippen LogP contribution in [0.2, 0.25) is 0 Å². The van der Waals surface area contributed by atoms with Gasteiger partial charge in [0.25, 0.3) is 0 Å². The molecule has 0 atom stereocenters.